The molecule has 5 aliphatic rings. The van der Waals surface area contributed by atoms with Crippen LogP contribution < -0.4 is 10.5 Å². The molecule has 2 aliphatic heterocycles. The number of phenols is 1. The smallest absolute Gasteiger partial charge is 0.165 e. The average Bonchev–Trinajstić information content (AvgIpc) is 3.32. The molecule has 25 heavy (non-hydrogen) atoms. The van der Waals surface area contributed by atoms with E-state index < -0.39 is 11.0 Å². The highest BCUT2D eigenvalue weighted by Crippen LogP contribution is 2.65. The second-order valence-corrected chi connectivity index (χ2v) is 8.99. The number of nitrogens with zero attached hydrogens (tertiary/aromatic N) is 1. The standard InChI is InChI=1S/C20H26N2O3/c21-13-5-6-20(24)15-9-12-3-4-14(23)17-16(12)19(20,18(13)25-17)7-8-22(15)10-11-1-2-11/h3-4,11,13,15,18,23-24H,1-2,5-10,21H2/t13-,15?,18+,19+,20-/m1/s1. The number of benzene rings is 1. The van der Waals surface area contributed by atoms with Crippen molar-refractivity contribution in [3.05, 3.63) is 23.3 Å². The number of hydrogen-bond donors (Lipinski definition) is 3. The maximum Gasteiger partial charge on any atom is 0.165 e. The van der Waals surface area contributed by atoms with Gasteiger partial charge in [0.05, 0.1) is 11.0 Å². The van der Waals surface area contributed by atoms with Gasteiger partial charge in [-0.15, -0.1) is 0 Å². The molecule has 2 heterocycles. The van der Waals surface area contributed by atoms with Gasteiger partial charge in [0.15, 0.2) is 11.5 Å². The highest BCUT2D eigenvalue weighted by Gasteiger charge is 2.72. The van der Waals surface area contributed by atoms with E-state index in [1.54, 1.807) is 6.07 Å². The minimum absolute atomic E-state index is 0.0892. The van der Waals surface area contributed by atoms with Crippen LogP contribution in [0.25, 0.3) is 0 Å². The summed E-state index contributed by atoms with van der Waals surface area (Å²) in [6, 6.07) is 3.84. The van der Waals surface area contributed by atoms with E-state index in [0.717, 1.165) is 50.3 Å². The molecule has 3 aliphatic carbocycles. The Morgan fingerprint density at radius 2 is 2.08 bits per heavy atom. The zero-order valence-electron chi connectivity index (χ0n) is 14.4. The SMILES string of the molecule is N[C@@H]1CC[C@@]2(O)C3Cc4ccc(O)c5c4[C@@]2(CCN3CC2CC2)[C@H]1O5. The van der Waals surface area contributed by atoms with Crippen LogP contribution in [0.2, 0.25) is 0 Å². The van der Waals surface area contributed by atoms with Crippen LogP contribution in [0, 0.1) is 5.92 Å². The lowest BCUT2D eigenvalue weighted by atomic mass is 9.48. The van der Waals surface area contributed by atoms with Crippen LogP contribution in [0.4, 0.5) is 0 Å². The fourth-order valence-corrected chi connectivity index (χ4v) is 6.52. The predicted octanol–water partition coefficient (Wildman–Crippen LogP) is 1.28. The topological polar surface area (TPSA) is 79.0 Å². The molecule has 1 unspecified atom stereocenters. The van der Waals surface area contributed by atoms with Gasteiger partial charge >= 0.3 is 0 Å². The van der Waals surface area contributed by atoms with Crippen molar-refractivity contribution in [1.82, 2.24) is 4.90 Å². The van der Waals surface area contributed by atoms with Crippen LogP contribution in [0.1, 0.15) is 43.2 Å². The third-order valence-corrected chi connectivity index (χ3v) is 7.81. The van der Waals surface area contributed by atoms with Crippen molar-refractivity contribution >= 4 is 0 Å². The summed E-state index contributed by atoms with van der Waals surface area (Å²) in [6.45, 7) is 2.10. The molecule has 0 radical (unpaired) electrons. The molecular weight excluding hydrogens is 316 g/mol. The second-order valence-electron chi connectivity index (χ2n) is 8.99. The summed E-state index contributed by atoms with van der Waals surface area (Å²) in [7, 11) is 0. The molecule has 1 saturated heterocycles. The molecular formula is C20H26N2O3. The first-order chi connectivity index (χ1) is 12.0. The van der Waals surface area contributed by atoms with Crippen molar-refractivity contribution in [2.75, 3.05) is 13.1 Å². The number of nitrogens with two attached hydrogens (primary N) is 1. The van der Waals surface area contributed by atoms with Gasteiger partial charge in [-0.2, -0.15) is 0 Å². The van der Waals surface area contributed by atoms with Crippen LogP contribution in [0.3, 0.4) is 0 Å². The Labute approximate surface area is 147 Å². The Kier molecular flexibility index (Phi) is 2.67. The van der Waals surface area contributed by atoms with E-state index >= 15 is 0 Å². The number of hydrogen-bond acceptors (Lipinski definition) is 5. The first-order valence-electron chi connectivity index (χ1n) is 9.78. The maximum absolute atomic E-state index is 12.1. The van der Waals surface area contributed by atoms with Gasteiger partial charge in [0.1, 0.15) is 6.10 Å². The Morgan fingerprint density at radius 3 is 2.88 bits per heavy atom. The molecule has 6 rings (SSSR count). The van der Waals surface area contributed by atoms with Crippen molar-refractivity contribution in [2.45, 2.75) is 67.7 Å². The minimum atomic E-state index is -0.799. The number of ether oxygens (including phenoxy) is 1. The van der Waals surface area contributed by atoms with Crippen molar-refractivity contribution < 1.29 is 14.9 Å². The van der Waals surface area contributed by atoms with E-state index in [0.29, 0.717) is 5.75 Å². The van der Waals surface area contributed by atoms with Gasteiger partial charge in [-0.1, -0.05) is 6.07 Å². The van der Waals surface area contributed by atoms with Gasteiger partial charge < -0.3 is 20.7 Å². The first-order valence-corrected chi connectivity index (χ1v) is 9.78. The molecule has 5 heteroatoms. The van der Waals surface area contributed by atoms with Crippen LogP contribution >= 0.6 is 0 Å². The van der Waals surface area contributed by atoms with E-state index in [9.17, 15) is 10.2 Å². The zero-order chi connectivity index (χ0) is 17.0. The van der Waals surface area contributed by atoms with E-state index in [2.05, 4.69) is 4.90 Å². The Balaban J connectivity index is 1.57. The molecule has 2 saturated carbocycles. The van der Waals surface area contributed by atoms with Crippen molar-refractivity contribution in [3.63, 3.8) is 0 Å². The third kappa shape index (κ3) is 1.61. The van der Waals surface area contributed by atoms with Gasteiger partial charge in [-0.3, -0.25) is 4.90 Å². The highest BCUT2D eigenvalue weighted by atomic mass is 16.5. The van der Waals surface area contributed by atoms with E-state index in [1.165, 1.54) is 18.4 Å². The summed E-state index contributed by atoms with van der Waals surface area (Å²) >= 11 is 0. The highest BCUT2D eigenvalue weighted by molar-refractivity contribution is 5.62. The lowest BCUT2D eigenvalue weighted by Crippen LogP contribution is -2.77. The minimum Gasteiger partial charge on any atom is -0.504 e. The normalized spacial score (nSPS) is 44.3. The Bertz CT molecular complexity index is 764. The summed E-state index contributed by atoms with van der Waals surface area (Å²) in [6.07, 6.45) is 5.66. The lowest BCUT2D eigenvalue weighted by Gasteiger charge is -2.64. The third-order valence-electron chi connectivity index (χ3n) is 7.81. The molecule has 1 aromatic rings. The number of phenolic OH excluding ortho intramolecular Hbond substituents is 1. The molecule has 1 aromatic carbocycles. The quantitative estimate of drug-likeness (QED) is 0.755. The summed E-state index contributed by atoms with van der Waals surface area (Å²) in [5, 5.41) is 22.5. The molecule has 5 nitrogen and oxygen atoms in total. The van der Waals surface area contributed by atoms with Crippen LogP contribution in [-0.4, -0.2) is 52.0 Å². The summed E-state index contributed by atoms with van der Waals surface area (Å²) in [5.41, 5.74) is 7.53. The summed E-state index contributed by atoms with van der Waals surface area (Å²) < 4.78 is 6.26. The molecule has 0 amide bonds. The van der Waals surface area contributed by atoms with E-state index in [4.69, 9.17) is 10.5 Å². The van der Waals surface area contributed by atoms with E-state index in [-0.39, 0.29) is 23.9 Å². The molecule has 3 fully saturated rings. The number of piperidine rings is 1. The fraction of sp³-hybridized carbons (Fsp3) is 0.700. The molecule has 134 valence electrons. The molecule has 4 N–H and O–H groups in total. The Morgan fingerprint density at radius 1 is 1.24 bits per heavy atom. The van der Waals surface area contributed by atoms with E-state index in [1.807, 2.05) is 6.07 Å². The van der Waals surface area contributed by atoms with Crippen molar-refractivity contribution in [1.29, 1.82) is 0 Å². The summed E-state index contributed by atoms with van der Waals surface area (Å²) in [4.78, 5) is 2.55. The number of aromatic hydroxyl groups is 1. The van der Waals surface area contributed by atoms with Crippen LogP contribution in [-0.2, 0) is 11.8 Å². The molecule has 5 atom stereocenters. The van der Waals surface area contributed by atoms with Gasteiger partial charge in [0.2, 0.25) is 0 Å². The molecule has 1 spiro atoms. The van der Waals surface area contributed by atoms with Gasteiger partial charge in [0.25, 0.3) is 0 Å². The van der Waals surface area contributed by atoms with Crippen molar-refractivity contribution in [2.24, 2.45) is 11.7 Å². The first kappa shape index (κ1) is 14.8. The average molecular weight is 342 g/mol. The largest absolute Gasteiger partial charge is 0.504 e. The van der Waals surface area contributed by atoms with Gasteiger partial charge in [-0.05, 0) is 62.6 Å². The van der Waals surface area contributed by atoms with Crippen LogP contribution in [0.15, 0.2) is 12.1 Å². The van der Waals surface area contributed by atoms with Crippen LogP contribution in [0.5, 0.6) is 11.5 Å². The molecule has 0 aromatic heterocycles. The fourth-order valence-electron chi connectivity index (χ4n) is 6.52. The second kappa shape index (κ2) is 4.51. The maximum atomic E-state index is 12.1. The van der Waals surface area contributed by atoms with Gasteiger partial charge in [0, 0.05) is 24.2 Å². The predicted molar refractivity (Wildman–Crippen MR) is 92.8 cm³/mol. The Hall–Kier alpha value is -1.30. The zero-order valence-corrected chi connectivity index (χ0v) is 14.4. The number of aliphatic hydroxyl groups is 1. The number of rotatable bonds is 2. The number of likely N-dealkylation sites (tertiary alicyclic amines) is 1. The van der Waals surface area contributed by atoms with Gasteiger partial charge in [-0.25, -0.2) is 0 Å². The lowest BCUT2D eigenvalue weighted by molar-refractivity contribution is -0.189. The van der Waals surface area contributed by atoms with Crippen molar-refractivity contribution in [3.8, 4) is 11.5 Å². The monoisotopic (exact) mass is 342 g/mol. The molecule has 2 bridgehead atoms. The summed E-state index contributed by atoms with van der Waals surface area (Å²) in [5.74, 6) is 1.60.